The molecule has 23 heavy (non-hydrogen) atoms. The summed E-state index contributed by atoms with van der Waals surface area (Å²) in [7, 11) is 0. The van der Waals surface area contributed by atoms with Gasteiger partial charge in [0.05, 0.1) is 11.1 Å². The molecule has 0 fully saturated rings. The minimum atomic E-state index is -0.292. The van der Waals surface area contributed by atoms with Crippen molar-refractivity contribution < 1.29 is 29.6 Å². The number of hydrogen-bond donors (Lipinski definition) is 0. The van der Waals surface area contributed by atoms with E-state index in [1.54, 1.807) is 0 Å². The Labute approximate surface area is 173 Å². The molecule has 0 aliphatic rings. The van der Waals surface area contributed by atoms with E-state index in [0.29, 0.717) is 4.32 Å². The van der Waals surface area contributed by atoms with Gasteiger partial charge in [-0.25, -0.2) is 0 Å². The van der Waals surface area contributed by atoms with Crippen LogP contribution >= 0.6 is 12.2 Å². The predicted octanol–water partition coefficient (Wildman–Crippen LogP) is 1.99. The Balaban J connectivity index is 0.00000264. The van der Waals surface area contributed by atoms with Crippen LogP contribution in [0.2, 0.25) is 0 Å². The fourth-order valence-corrected chi connectivity index (χ4v) is 4.02. The molecule has 0 amide bonds. The Morgan fingerprint density at radius 2 is 1.09 bits per heavy atom. The first-order valence-electron chi connectivity index (χ1n) is 7.40. The summed E-state index contributed by atoms with van der Waals surface area (Å²) >= 11 is 10.9. The van der Waals surface area contributed by atoms with Crippen molar-refractivity contribution in [3.05, 3.63) is 71.8 Å². The van der Waals surface area contributed by atoms with Gasteiger partial charge in [-0.05, 0) is 38.8 Å². The summed E-state index contributed by atoms with van der Waals surface area (Å²) < 4.78 is 0.489. The van der Waals surface area contributed by atoms with Gasteiger partial charge in [-0.2, -0.15) is 0 Å². The van der Waals surface area contributed by atoms with Crippen molar-refractivity contribution in [3.63, 3.8) is 0 Å². The number of benzene rings is 2. The molecule has 0 spiro atoms. The molecule has 0 aromatic heterocycles. The van der Waals surface area contributed by atoms with Crippen LogP contribution in [-0.4, -0.2) is 9.22 Å². The monoisotopic (exact) mass is 351 g/mol. The summed E-state index contributed by atoms with van der Waals surface area (Å²) in [6, 6.07) is 20.8. The fourth-order valence-electron chi connectivity index (χ4n) is 3.11. The van der Waals surface area contributed by atoms with Gasteiger partial charge in [-0.15, -0.1) is 0 Å². The molecule has 4 heteroatoms. The van der Waals surface area contributed by atoms with Crippen LogP contribution in [0.1, 0.15) is 38.8 Å². The summed E-state index contributed by atoms with van der Waals surface area (Å²) in [6.45, 7) is 8.69. The largest absolute Gasteiger partial charge is 1.00 e. The molecule has 0 heterocycles. The van der Waals surface area contributed by atoms with Gasteiger partial charge in [-0.3, -0.25) is 0 Å². The Hall–Kier alpha value is -0.450. The quantitative estimate of drug-likeness (QED) is 0.471. The van der Waals surface area contributed by atoms with Gasteiger partial charge in [-0.1, -0.05) is 65.0 Å². The van der Waals surface area contributed by atoms with Gasteiger partial charge >= 0.3 is 29.6 Å². The first kappa shape index (κ1) is 20.6. The second-order valence-corrected chi connectivity index (χ2v) is 7.48. The summed E-state index contributed by atoms with van der Waals surface area (Å²) in [5, 5.41) is 0. The van der Waals surface area contributed by atoms with Crippen LogP contribution in [0.5, 0.6) is 0 Å². The summed E-state index contributed by atoms with van der Waals surface area (Å²) in [5.74, 6) is 0. The fraction of sp³-hybridized carbons (Fsp3) is 0.316. The van der Waals surface area contributed by atoms with Gasteiger partial charge in [0.1, 0.15) is 0 Å². The van der Waals surface area contributed by atoms with Crippen LogP contribution in [0, 0.1) is 0 Å². The SMILES string of the molecule is CC(C)(c1ccccc1)N(C(=S)[S-])C(C)(C)c1ccccc1.[Na+]. The molecule has 2 aromatic carbocycles. The third kappa shape index (κ3) is 4.34. The molecule has 0 radical (unpaired) electrons. The molecule has 0 aliphatic heterocycles. The molecule has 0 atom stereocenters. The standard InChI is InChI=1S/C19H23NS2.Na/c1-18(2,15-11-7-5-8-12-15)20(17(21)22)19(3,4)16-13-9-6-10-14-16;/h5-14H,1-4H3,(H,21,22);/q;+1/p-1. The first-order valence-corrected chi connectivity index (χ1v) is 8.22. The smallest absolute Gasteiger partial charge is 0.411 e. The Kier molecular flexibility index (Phi) is 7.24. The topological polar surface area (TPSA) is 3.24 Å². The Morgan fingerprint density at radius 1 is 0.783 bits per heavy atom. The zero-order chi connectivity index (χ0) is 16.4. The maximum atomic E-state index is 5.45. The maximum absolute atomic E-state index is 5.45. The van der Waals surface area contributed by atoms with E-state index in [4.69, 9.17) is 24.8 Å². The van der Waals surface area contributed by atoms with Crippen LogP contribution in [-0.2, 0) is 23.7 Å². The van der Waals surface area contributed by atoms with Crippen LogP contribution in [0.15, 0.2) is 60.7 Å². The van der Waals surface area contributed by atoms with Crippen molar-refractivity contribution in [2.24, 2.45) is 0 Å². The van der Waals surface area contributed by atoms with Crippen molar-refractivity contribution >= 4 is 29.2 Å². The van der Waals surface area contributed by atoms with Crippen molar-refractivity contribution in [1.29, 1.82) is 0 Å². The van der Waals surface area contributed by atoms with Crippen LogP contribution in [0.4, 0.5) is 0 Å². The van der Waals surface area contributed by atoms with Gasteiger partial charge in [0.2, 0.25) is 0 Å². The average molecular weight is 352 g/mol. The minimum absolute atomic E-state index is 0. The minimum Gasteiger partial charge on any atom is -0.411 e. The second kappa shape index (κ2) is 8.09. The number of rotatable bonds is 4. The molecule has 0 N–H and O–H groups in total. The zero-order valence-corrected chi connectivity index (χ0v) is 18.2. The normalized spacial score (nSPS) is 11.5. The molecule has 0 unspecified atom stereocenters. The van der Waals surface area contributed by atoms with Gasteiger partial charge in [0, 0.05) is 0 Å². The van der Waals surface area contributed by atoms with Gasteiger partial charge in [0.15, 0.2) is 0 Å². The van der Waals surface area contributed by atoms with E-state index in [0.717, 1.165) is 0 Å². The van der Waals surface area contributed by atoms with E-state index in [9.17, 15) is 0 Å². The van der Waals surface area contributed by atoms with E-state index < -0.39 is 0 Å². The predicted molar refractivity (Wildman–Crippen MR) is 101 cm³/mol. The number of hydrogen-bond acceptors (Lipinski definition) is 2. The molecule has 0 saturated heterocycles. The third-order valence-corrected chi connectivity index (χ3v) is 4.63. The Bertz CT molecular complexity index is 587. The van der Waals surface area contributed by atoms with E-state index >= 15 is 0 Å². The first-order chi connectivity index (χ1) is 10.3. The molecule has 0 saturated carbocycles. The molecule has 2 rings (SSSR count). The number of nitrogens with zero attached hydrogens (tertiary/aromatic N) is 1. The second-order valence-electron chi connectivity index (χ2n) is 6.45. The van der Waals surface area contributed by atoms with Crippen LogP contribution in [0.25, 0.3) is 0 Å². The third-order valence-electron chi connectivity index (χ3n) is 4.26. The van der Waals surface area contributed by atoms with Crippen molar-refractivity contribution in [3.8, 4) is 0 Å². The van der Waals surface area contributed by atoms with E-state index in [1.807, 2.05) is 12.1 Å². The van der Waals surface area contributed by atoms with Gasteiger partial charge in [0.25, 0.3) is 0 Å². The van der Waals surface area contributed by atoms with E-state index in [-0.39, 0.29) is 40.6 Å². The van der Waals surface area contributed by atoms with Crippen LogP contribution < -0.4 is 29.6 Å². The molecule has 0 aliphatic carbocycles. The Morgan fingerprint density at radius 3 is 1.35 bits per heavy atom. The molecule has 1 nitrogen and oxygen atoms in total. The zero-order valence-electron chi connectivity index (χ0n) is 14.5. The summed E-state index contributed by atoms with van der Waals surface area (Å²) in [4.78, 5) is 2.16. The maximum Gasteiger partial charge on any atom is 1.00 e. The van der Waals surface area contributed by atoms with Gasteiger partial charge < -0.3 is 29.7 Å². The molecular formula is C19H22NNaS2. The van der Waals surface area contributed by atoms with Crippen molar-refractivity contribution in [2.75, 3.05) is 0 Å². The average Bonchev–Trinajstić information content (AvgIpc) is 2.48. The van der Waals surface area contributed by atoms with Crippen molar-refractivity contribution in [1.82, 2.24) is 4.90 Å². The van der Waals surface area contributed by atoms with E-state index in [1.165, 1.54) is 11.1 Å². The van der Waals surface area contributed by atoms with Crippen LogP contribution in [0.3, 0.4) is 0 Å². The van der Waals surface area contributed by atoms with E-state index in [2.05, 4.69) is 81.1 Å². The molecule has 2 aromatic rings. The number of thiocarbonyl (C=S) groups is 1. The molecular weight excluding hydrogens is 329 g/mol. The molecule has 0 bridgehead atoms. The molecule has 116 valence electrons. The summed E-state index contributed by atoms with van der Waals surface area (Å²) in [5.41, 5.74) is 1.82. The van der Waals surface area contributed by atoms with Crippen molar-refractivity contribution in [2.45, 2.75) is 38.8 Å². The summed E-state index contributed by atoms with van der Waals surface area (Å²) in [6.07, 6.45) is 0.